The van der Waals surface area contributed by atoms with Crippen LogP contribution in [0.5, 0.6) is 0 Å². The van der Waals surface area contributed by atoms with Crippen molar-refractivity contribution in [2.75, 3.05) is 4.90 Å². The second kappa shape index (κ2) is 11.1. The predicted molar refractivity (Wildman–Crippen MR) is 205 cm³/mol. The number of hydrogen-bond donors (Lipinski definition) is 0. The quantitative estimate of drug-likeness (QED) is 0.185. The lowest BCUT2D eigenvalue weighted by Gasteiger charge is -2.28. The van der Waals surface area contributed by atoms with Crippen molar-refractivity contribution in [1.82, 2.24) is 0 Å². The standard InChI is InChI=1S/C47H35N/c1-47(2)44-25-8-7-21-42(44)43-24-12-23-41(46(43)47)34-27-29-36(30-28-34)48(45-26-11-16-33-14-4-6-20-40(33)45)37-18-9-17-35(31-37)39-22-10-15-32-13-3-5-19-38(32)39/h3-31H,1-2H3/i9D,17D,18D,27D,28D,29D,30D,31D. The minimum absolute atomic E-state index is 0.115. The zero-order chi connectivity index (χ0) is 39.2. The Morgan fingerprint density at radius 1 is 0.479 bits per heavy atom. The summed E-state index contributed by atoms with van der Waals surface area (Å²) in [5, 5.41) is 3.15. The largest absolute Gasteiger partial charge is 0.310 e. The van der Waals surface area contributed by atoms with Gasteiger partial charge in [-0.1, -0.05) is 159 Å². The molecule has 0 bridgehead atoms. The van der Waals surface area contributed by atoms with Crippen molar-refractivity contribution in [3.8, 4) is 33.4 Å². The van der Waals surface area contributed by atoms with Crippen LogP contribution in [-0.4, -0.2) is 0 Å². The molecule has 9 rings (SSSR count). The zero-order valence-electron chi connectivity index (χ0n) is 34.6. The van der Waals surface area contributed by atoms with Gasteiger partial charge in [-0.05, 0) is 90.9 Å². The highest BCUT2D eigenvalue weighted by Crippen LogP contribution is 2.52. The second-order valence-corrected chi connectivity index (χ2v) is 12.7. The van der Waals surface area contributed by atoms with Crippen molar-refractivity contribution in [3.63, 3.8) is 0 Å². The average molecular weight is 622 g/mol. The number of fused-ring (bicyclic) bond motifs is 5. The fraction of sp³-hybridized carbons (Fsp3) is 0.0638. The highest BCUT2D eigenvalue weighted by atomic mass is 15.1. The summed E-state index contributed by atoms with van der Waals surface area (Å²) in [6.07, 6.45) is 0. The predicted octanol–water partition coefficient (Wildman–Crippen LogP) is 13.1. The Bertz CT molecular complexity index is 2910. The minimum atomic E-state index is -0.486. The van der Waals surface area contributed by atoms with Gasteiger partial charge in [0.15, 0.2) is 0 Å². The van der Waals surface area contributed by atoms with E-state index in [2.05, 4.69) is 26.0 Å². The molecule has 0 heterocycles. The molecule has 1 heteroatoms. The first-order valence-electron chi connectivity index (χ1n) is 20.1. The van der Waals surface area contributed by atoms with Crippen LogP contribution in [0.4, 0.5) is 17.1 Å². The fourth-order valence-corrected chi connectivity index (χ4v) is 7.39. The summed E-state index contributed by atoms with van der Waals surface area (Å²) in [6, 6.07) is 37.5. The van der Waals surface area contributed by atoms with Gasteiger partial charge in [-0.25, -0.2) is 0 Å². The molecule has 0 atom stereocenters. The molecule has 0 aliphatic heterocycles. The third-order valence-electron chi connectivity index (χ3n) is 9.59. The minimum Gasteiger partial charge on any atom is -0.310 e. The van der Waals surface area contributed by atoms with Crippen LogP contribution >= 0.6 is 0 Å². The lowest BCUT2D eigenvalue weighted by molar-refractivity contribution is 0.662. The number of nitrogens with zero attached hydrogens (tertiary/aromatic N) is 1. The van der Waals surface area contributed by atoms with Gasteiger partial charge in [0.05, 0.1) is 16.7 Å². The van der Waals surface area contributed by atoms with E-state index in [4.69, 9.17) is 2.74 Å². The van der Waals surface area contributed by atoms with Crippen LogP contribution in [0.25, 0.3) is 54.9 Å². The Kier molecular flexibility index (Phi) is 4.87. The SMILES string of the molecule is [2H]c1c([2H])c(-c2cccc3ccccc23)c([2H])c(N(c2c([2H])c([2H])c(-c3cccc4c3C(C)(C)c3ccccc3-4)c([2H])c2[2H])c2cccc3ccccc23)c1[2H]. The Morgan fingerprint density at radius 2 is 1.08 bits per heavy atom. The normalized spacial score (nSPS) is 15.3. The maximum absolute atomic E-state index is 9.81. The maximum atomic E-state index is 9.81. The molecular weight excluding hydrogens is 579 g/mol. The summed E-state index contributed by atoms with van der Waals surface area (Å²) >= 11 is 0. The molecule has 0 saturated heterocycles. The molecule has 1 aliphatic rings. The Hall–Kier alpha value is -5.92. The Labute approximate surface area is 293 Å². The molecule has 8 aromatic carbocycles. The lowest BCUT2D eigenvalue weighted by Crippen LogP contribution is -2.16. The first-order valence-corrected chi connectivity index (χ1v) is 16.1. The Morgan fingerprint density at radius 3 is 1.92 bits per heavy atom. The first-order chi connectivity index (χ1) is 26.9. The molecular formula is C47H35N. The number of rotatable bonds is 5. The van der Waals surface area contributed by atoms with Crippen molar-refractivity contribution < 1.29 is 11.0 Å². The van der Waals surface area contributed by atoms with E-state index < -0.39 is 17.5 Å². The molecule has 0 fully saturated rings. The van der Waals surface area contributed by atoms with Crippen molar-refractivity contribution in [2.45, 2.75) is 19.3 Å². The molecule has 0 N–H and O–H groups in total. The number of benzene rings is 8. The van der Waals surface area contributed by atoms with E-state index in [-0.39, 0.29) is 58.8 Å². The van der Waals surface area contributed by atoms with Gasteiger partial charge in [0.1, 0.15) is 0 Å². The van der Waals surface area contributed by atoms with E-state index in [1.165, 1.54) is 4.90 Å². The van der Waals surface area contributed by atoms with Gasteiger partial charge in [0.25, 0.3) is 0 Å². The summed E-state index contributed by atoms with van der Waals surface area (Å²) in [7, 11) is 0. The zero-order valence-corrected chi connectivity index (χ0v) is 26.6. The smallest absolute Gasteiger partial charge is 0.0651 e. The highest BCUT2D eigenvalue weighted by molar-refractivity contribution is 6.01. The molecule has 0 saturated carbocycles. The topological polar surface area (TPSA) is 3.24 Å². The van der Waals surface area contributed by atoms with Crippen LogP contribution in [-0.2, 0) is 5.41 Å². The summed E-state index contributed by atoms with van der Waals surface area (Å²) < 4.78 is 76.0. The van der Waals surface area contributed by atoms with Gasteiger partial charge >= 0.3 is 0 Å². The number of anilines is 3. The molecule has 0 radical (unpaired) electrons. The molecule has 8 aromatic rings. The summed E-state index contributed by atoms with van der Waals surface area (Å²) in [6.45, 7) is 4.23. The lowest BCUT2D eigenvalue weighted by atomic mass is 9.79. The van der Waals surface area contributed by atoms with Gasteiger partial charge in [-0.2, -0.15) is 0 Å². The Balaban J connectivity index is 1.37. The van der Waals surface area contributed by atoms with E-state index >= 15 is 0 Å². The molecule has 0 spiro atoms. The van der Waals surface area contributed by atoms with Crippen LogP contribution in [0.1, 0.15) is 35.9 Å². The fourth-order valence-electron chi connectivity index (χ4n) is 7.39. The molecule has 1 nitrogen and oxygen atoms in total. The van der Waals surface area contributed by atoms with Crippen molar-refractivity contribution in [1.29, 1.82) is 0 Å². The van der Waals surface area contributed by atoms with Crippen molar-refractivity contribution >= 4 is 38.6 Å². The van der Waals surface area contributed by atoms with Crippen LogP contribution in [0, 0.1) is 0 Å². The monoisotopic (exact) mass is 621 g/mol. The van der Waals surface area contributed by atoms with E-state index in [1.54, 1.807) is 12.1 Å². The van der Waals surface area contributed by atoms with E-state index in [0.717, 1.165) is 38.4 Å². The number of hydrogen-bond acceptors (Lipinski definition) is 1. The average Bonchev–Trinajstić information content (AvgIpc) is 3.45. The van der Waals surface area contributed by atoms with Crippen molar-refractivity contribution in [2.24, 2.45) is 0 Å². The molecule has 1 aliphatic carbocycles. The van der Waals surface area contributed by atoms with E-state index in [1.807, 2.05) is 103 Å². The van der Waals surface area contributed by atoms with Gasteiger partial charge in [-0.3, -0.25) is 0 Å². The van der Waals surface area contributed by atoms with Crippen LogP contribution < -0.4 is 4.90 Å². The molecule has 0 unspecified atom stereocenters. The van der Waals surface area contributed by atoms with E-state index in [0.29, 0.717) is 22.2 Å². The summed E-state index contributed by atoms with van der Waals surface area (Å²) in [5.41, 5.74) is 5.21. The van der Waals surface area contributed by atoms with Crippen LogP contribution in [0.15, 0.2) is 176 Å². The van der Waals surface area contributed by atoms with Crippen LogP contribution in [0.3, 0.4) is 0 Å². The second-order valence-electron chi connectivity index (χ2n) is 12.7. The first kappa shape index (κ1) is 21.1. The van der Waals surface area contributed by atoms with Crippen molar-refractivity contribution in [3.05, 3.63) is 187 Å². The van der Waals surface area contributed by atoms with Gasteiger partial charge < -0.3 is 4.90 Å². The maximum Gasteiger partial charge on any atom is 0.0651 e. The third kappa shape index (κ3) is 4.47. The molecule has 48 heavy (non-hydrogen) atoms. The van der Waals surface area contributed by atoms with Crippen LogP contribution in [0.2, 0.25) is 0 Å². The summed E-state index contributed by atoms with van der Waals surface area (Å²) in [5.74, 6) is 0. The highest BCUT2D eigenvalue weighted by Gasteiger charge is 2.37. The van der Waals surface area contributed by atoms with Gasteiger partial charge in [0.2, 0.25) is 0 Å². The molecule has 0 aromatic heterocycles. The van der Waals surface area contributed by atoms with Gasteiger partial charge in [-0.15, -0.1) is 0 Å². The van der Waals surface area contributed by atoms with E-state index in [9.17, 15) is 8.22 Å². The summed E-state index contributed by atoms with van der Waals surface area (Å²) in [4.78, 5) is 1.44. The molecule has 0 amide bonds. The van der Waals surface area contributed by atoms with Gasteiger partial charge in [0, 0.05) is 22.2 Å². The third-order valence-corrected chi connectivity index (χ3v) is 9.59. The molecule has 228 valence electrons.